The van der Waals surface area contributed by atoms with E-state index in [2.05, 4.69) is 13.8 Å². The van der Waals surface area contributed by atoms with E-state index in [0.717, 1.165) is 48.7 Å². The molecular formula is C28H30O4. The minimum Gasteiger partial charge on any atom is -0.490 e. The summed E-state index contributed by atoms with van der Waals surface area (Å²) in [5, 5.41) is 0. The molecule has 0 N–H and O–H groups in total. The Morgan fingerprint density at radius 2 is 1.28 bits per heavy atom. The number of benzene rings is 3. The van der Waals surface area contributed by atoms with Crippen molar-refractivity contribution in [3.05, 3.63) is 71.8 Å². The molecule has 0 amide bonds. The van der Waals surface area contributed by atoms with Gasteiger partial charge < -0.3 is 9.47 Å². The maximum atomic E-state index is 12.2. The lowest BCUT2D eigenvalue weighted by atomic mass is 9.89. The van der Waals surface area contributed by atoms with Crippen LogP contribution in [0.2, 0.25) is 0 Å². The van der Waals surface area contributed by atoms with E-state index in [1.165, 1.54) is 0 Å². The third kappa shape index (κ3) is 5.25. The first kappa shape index (κ1) is 23.3. The summed E-state index contributed by atoms with van der Waals surface area (Å²) in [4.78, 5) is 24.4. The van der Waals surface area contributed by atoms with Gasteiger partial charge in [0.05, 0.1) is 18.8 Å². The van der Waals surface area contributed by atoms with Crippen molar-refractivity contribution in [2.75, 3.05) is 13.2 Å². The van der Waals surface area contributed by atoms with Crippen molar-refractivity contribution in [1.29, 1.82) is 0 Å². The third-order valence-electron chi connectivity index (χ3n) is 5.36. The van der Waals surface area contributed by atoms with Gasteiger partial charge in [0, 0.05) is 5.56 Å². The van der Waals surface area contributed by atoms with Gasteiger partial charge >= 0.3 is 0 Å². The van der Waals surface area contributed by atoms with Crippen molar-refractivity contribution in [3.63, 3.8) is 0 Å². The highest BCUT2D eigenvalue weighted by atomic mass is 16.5. The quantitative estimate of drug-likeness (QED) is 0.229. The molecule has 4 nitrogen and oxygen atoms in total. The molecule has 0 heterocycles. The number of carbonyl (C=O) groups excluding carboxylic acids is 2. The van der Waals surface area contributed by atoms with Crippen LogP contribution in [0.4, 0.5) is 0 Å². The monoisotopic (exact) mass is 430 g/mol. The van der Waals surface area contributed by atoms with E-state index in [1.807, 2.05) is 60.7 Å². The minimum atomic E-state index is 0.239. The molecule has 166 valence electrons. The van der Waals surface area contributed by atoms with E-state index in [0.29, 0.717) is 42.1 Å². The molecule has 0 bridgehead atoms. The number of aldehydes is 2. The summed E-state index contributed by atoms with van der Waals surface area (Å²) in [6.45, 7) is 5.14. The zero-order valence-corrected chi connectivity index (χ0v) is 18.8. The third-order valence-corrected chi connectivity index (χ3v) is 5.36. The number of hydrogen-bond donors (Lipinski definition) is 0. The van der Waals surface area contributed by atoms with Gasteiger partial charge in [-0.2, -0.15) is 0 Å². The smallest absolute Gasteiger partial charge is 0.172 e. The van der Waals surface area contributed by atoms with Gasteiger partial charge in [0.1, 0.15) is 0 Å². The van der Waals surface area contributed by atoms with E-state index in [4.69, 9.17) is 9.47 Å². The van der Waals surface area contributed by atoms with Crippen LogP contribution >= 0.6 is 0 Å². The molecule has 3 aromatic carbocycles. The summed E-state index contributed by atoms with van der Waals surface area (Å²) in [5.74, 6) is 0.854. The van der Waals surface area contributed by atoms with Crippen LogP contribution in [-0.2, 0) is 0 Å². The lowest BCUT2D eigenvalue weighted by Crippen LogP contribution is -2.08. The van der Waals surface area contributed by atoms with Crippen LogP contribution in [0.25, 0.3) is 22.3 Å². The summed E-state index contributed by atoms with van der Waals surface area (Å²) in [6, 6.07) is 19.7. The molecule has 0 aliphatic heterocycles. The predicted octanol–water partition coefficient (Wildman–Crippen LogP) is 7.00. The Hall–Kier alpha value is -3.40. The Bertz CT molecular complexity index is 1040. The Morgan fingerprint density at radius 3 is 1.91 bits per heavy atom. The van der Waals surface area contributed by atoms with E-state index in [9.17, 15) is 9.59 Å². The van der Waals surface area contributed by atoms with Gasteiger partial charge in [-0.25, -0.2) is 0 Å². The van der Waals surface area contributed by atoms with Crippen molar-refractivity contribution in [2.45, 2.75) is 39.5 Å². The standard InChI is InChI=1S/C28H30O4/c1-3-5-16-31-27-18-24(25(19-29)26(20-30)28(27)32-17-6-4-2)23-15-11-10-14-22(23)21-12-8-7-9-13-21/h7-15,18-20H,3-6,16-17H2,1-2H3. The zero-order chi connectivity index (χ0) is 22.8. The molecule has 0 unspecified atom stereocenters. The van der Waals surface area contributed by atoms with E-state index in [1.54, 1.807) is 0 Å². The minimum absolute atomic E-state index is 0.239. The molecule has 32 heavy (non-hydrogen) atoms. The van der Waals surface area contributed by atoms with Gasteiger partial charge in [-0.1, -0.05) is 81.3 Å². The van der Waals surface area contributed by atoms with Gasteiger partial charge in [-0.3, -0.25) is 9.59 Å². The summed E-state index contributed by atoms with van der Waals surface area (Å²) >= 11 is 0. The number of ether oxygens (including phenoxy) is 2. The fourth-order valence-electron chi connectivity index (χ4n) is 3.63. The highest BCUT2D eigenvalue weighted by Crippen LogP contribution is 2.42. The molecule has 0 atom stereocenters. The van der Waals surface area contributed by atoms with Crippen LogP contribution in [0.15, 0.2) is 60.7 Å². The van der Waals surface area contributed by atoms with Gasteiger partial charge in [0.2, 0.25) is 0 Å². The van der Waals surface area contributed by atoms with Crippen LogP contribution in [0, 0.1) is 0 Å². The lowest BCUT2D eigenvalue weighted by Gasteiger charge is -2.20. The summed E-state index contributed by atoms with van der Waals surface area (Å²) in [5.41, 5.74) is 4.09. The summed E-state index contributed by atoms with van der Waals surface area (Å²) in [7, 11) is 0. The van der Waals surface area contributed by atoms with Crippen LogP contribution in [0.3, 0.4) is 0 Å². The molecule has 0 saturated carbocycles. The van der Waals surface area contributed by atoms with Crippen molar-refractivity contribution in [1.82, 2.24) is 0 Å². The van der Waals surface area contributed by atoms with Crippen LogP contribution in [-0.4, -0.2) is 25.8 Å². The maximum absolute atomic E-state index is 12.2. The largest absolute Gasteiger partial charge is 0.490 e. The van der Waals surface area contributed by atoms with E-state index >= 15 is 0 Å². The highest BCUT2D eigenvalue weighted by Gasteiger charge is 2.22. The highest BCUT2D eigenvalue weighted by molar-refractivity contribution is 6.03. The molecule has 3 aromatic rings. The average Bonchev–Trinajstić information content (AvgIpc) is 2.84. The lowest BCUT2D eigenvalue weighted by molar-refractivity contribution is 0.109. The molecule has 0 saturated heterocycles. The van der Waals surface area contributed by atoms with Crippen LogP contribution < -0.4 is 9.47 Å². The number of unbranched alkanes of at least 4 members (excludes halogenated alkanes) is 2. The van der Waals surface area contributed by atoms with Gasteiger partial charge in [0.25, 0.3) is 0 Å². The van der Waals surface area contributed by atoms with Crippen molar-refractivity contribution in [3.8, 4) is 33.8 Å². The number of rotatable bonds is 12. The Kier molecular flexibility index (Phi) is 8.61. The second-order valence-electron chi connectivity index (χ2n) is 7.63. The molecule has 0 aliphatic carbocycles. The second-order valence-corrected chi connectivity index (χ2v) is 7.63. The van der Waals surface area contributed by atoms with Crippen molar-refractivity contribution >= 4 is 12.6 Å². The fraction of sp³-hybridized carbons (Fsp3) is 0.286. The summed E-state index contributed by atoms with van der Waals surface area (Å²) in [6.07, 6.45) is 5.13. The van der Waals surface area contributed by atoms with Gasteiger partial charge in [-0.05, 0) is 41.2 Å². The van der Waals surface area contributed by atoms with E-state index in [-0.39, 0.29) is 5.56 Å². The molecule has 0 aromatic heterocycles. The van der Waals surface area contributed by atoms with Crippen LogP contribution in [0.1, 0.15) is 60.2 Å². The van der Waals surface area contributed by atoms with Crippen LogP contribution in [0.5, 0.6) is 11.5 Å². The first-order valence-corrected chi connectivity index (χ1v) is 11.3. The zero-order valence-electron chi connectivity index (χ0n) is 18.8. The second kappa shape index (κ2) is 11.8. The molecule has 4 heteroatoms. The molecular weight excluding hydrogens is 400 g/mol. The van der Waals surface area contributed by atoms with E-state index < -0.39 is 0 Å². The summed E-state index contributed by atoms with van der Waals surface area (Å²) < 4.78 is 12.0. The first-order valence-electron chi connectivity index (χ1n) is 11.3. The van der Waals surface area contributed by atoms with Gasteiger partial charge in [-0.15, -0.1) is 0 Å². The first-order chi connectivity index (χ1) is 15.7. The van der Waals surface area contributed by atoms with Crippen molar-refractivity contribution in [2.24, 2.45) is 0 Å². The van der Waals surface area contributed by atoms with Gasteiger partial charge in [0.15, 0.2) is 24.1 Å². The fourth-order valence-corrected chi connectivity index (χ4v) is 3.63. The Labute approximate surface area is 190 Å². The molecule has 0 fully saturated rings. The Balaban J connectivity index is 2.21. The Morgan fingerprint density at radius 1 is 0.688 bits per heavy atom. The molecule has 3 rings (SSSR count). The maximum Gasteiger partial charge on any atom is 0.172 e. The average molecular weight is 431 g/mol. The normalized spacial score (nSPS) is 10.6. The molecule has 0 aliphatic rings. The molecule has 0 spiro atoms. The predicted molar refractivity (Wildman–Crippen MR) is 129 cm³/mol. The topological polar surface area (TPSA) is 52.6 Å². The SMILES string of the molecule is CCCCOc1cc(-c2ccccc2-c2ccccc2)c(C=O)c(C=O)c1OCCCC. The molecule has 0 radical (unpaired) electrons. The number of hydrogen-bond acceptors (Lipinski definition) is 4. The number of carbonyl (C=O) groups is 2. The van der Waals surface area contributed by atoms with Crippen molar-refractivity contribution < 1.29 is 19.1 Å².